The van der Waals surface area contributed by atoms with Crippen LogP contribution in [0.5, 0.6) is 0 Å². The molecule has 6 heteroatoms. The normalized spacial score (nSPS) is 10.5. The Morgan fingerprint density at radius 1 is 0.438 bits per heavy atom. The topological polar surface area (TPSA) is 75.6 Å². The van der Waals surface area contributed by atoms with E-state index in [2.05, 4.69) is 30.6 Å². The summed E-state index contributed by atoms with van der Waals surface area (Å²) < 4.78 is 0. The number of benzene rings is 3. The Bertz CT molecular complexity index is 1200. The van der Waals surface area contributed by atoms with Crippen LogP contribution in [0.3, 0.4) is 0 Å². The number of anilines is 4. The molecular weight excluding hydrogens is 396 g/mol. The van der Waals surface area contributed by atoms with Crippen LogP contribution >= 0.6 is 0 Å². The lowest BCUT2D eigenvalue weighted by Gasteiger charge is -2.10. The van der Waals surface area contributed by atoms with E-state index in [0.29, 0.717) is 0 Å². The minimum absolute atomic E-state index is 0.739. The summed E-state index contributed by atoms with van der Waals surface area (Å²) in [4.78, 5) is 17.4. The molecule has 0 bridgehead atoms. The average Bonchev–Trinajstić information content (AvgIpc) is 2.87. The van der Waals surface area contributed by atoms with Crippen LogP contribution in [0, 0.1) is 0 Å². The fourth-order valence-corrected chi connectivity index (χ4v) is 3.32. The first-order valence-electron chi connectivity index (χ1n) is 10.2. The number of nitrogens with one attached hydrogen (secondary N) is 2. The summed E-state index contributed by atoms with van der Waals surface area (Å²) in [6.07, 6.45) is 3.14. The quantitative estimate of drug-likeness (QED) is 0.349. The second-order valence-corrected chi connectivity index (χ2v) is 7.14. The van der Waals surface area contributed by atoms with Crippen LogP contribution in [0.1, 0.15) is 0 Å². The Kier molecular flexibility index (Phi) is 5.49. The van der Waals surface area contributed by atoms with Crippen molar-refractivity contribution in [1.29, 1.82) is 0 Å². The first kappa shape index (κ1) is 19.4. The number of hydrogen-bond donors (Lipinski definition) is 2. The third-order valence-electron chi connectivity index (χ3n) is 4.90. The Labute approximate surface area is 186 Å². The van der Waals surface area contributed by atoms with Gasteiger partial charge in [0.05, 0.1) is 11.4 Å². The molecule has 2 aromatic heterocycles. The van der Waals surface area contributed by atoms with E-state index in [0.717, 1.165) is 45.5 Å². The maximum absolute atomic E-state index is 4.37. The molecule has 0 atom stereocenters. The Hall–Kier alpha value is -4.58. The lowest BCUT2D eigenvalue weighted by molar-refractivity contribution is 1.17. The van der Waals surface area contributed by atoms with Gasteiger partial charge in [0.25, 0.3) is 0 Å². The lowest BCUT2D eigenvalue weighted by atomic mass is 10.1. The summed E-state index contributed by atoms with van der Waals surface area (Å²) >= 11 is 0. The third kappa shape index (κ3) is 4.60. The number of rotatable bonds is 6. The van der Waals surface area contributed by atoms with Crippen LogP contribution in [0.15, 0.2) is 110 Å². The van der Waals surface area contributed by atoms with Gasteiger partial charge in [-0.05, 0) is 24.3 Å². The molecule has 0 radical (unpaired) electrons. The van der Waals surface area contributed by atoms with Crippen LogP contribution < -0.4 is 10.6 Å². The summed E-state index contributed by atoms with van der Waals surface area (Å²) in [7, 11) is 0. The van der Waals surface area contributed by atoms with Crippen molar-refractivity contribution >= 4 is 23.0 Å². The second-order valence-electron chi connectivity index (χ2n) is 7.14. The molecule has 3 aromatic carbocycles. The van der Waals surface area contributed by atoms with Gasteiger partial charge in [-0.3, -0.25) is 0 Å². The minimum atomic E-state index is 0.739. The maximum Gasteiger partial charge on any atom is 0.134 e. The van der Waals surface area contributed by atoms with Crippen molar-refractivity contribution in [2.75, 3.05) is 10.6 Å². The van der Waals surface area contributed by atoms with Gasteiger partial charge in [-0.1, -0.05) is 60.7 Å². The van der Waals surface area contributed by atoms with Gasteiger partial charge in [0.2, 0.25) is 0 Å². The van der Waals surface area contributed by atoms with Crippen molar-refractivity contribution in [2.24, 2.45) is 0 Å². The zero-order valence-electron chi connectivity index (χ0n) is 17.2. The number of hydrogen-bond acceptors (Lipinski definition) is 6. The maximum atomic E-state index is 4.37. The third-order valence-corrected chi connectivity index (χ3v) is 4.90. The molecule has 0 saturated carbocycles. The zero-order valence-corrected chi connectivity index (χ0v) is 17.2. The predicted octanol–water partition coefficient (Wildman–Crippen LogP) is 6.09. The first-order chi connectivity index (χ1) is 15.8. The summed E-state index contributed by atoms with van der Waals surface area (Å²) in [6, 6.07) is 31.9. The van der Waals surface area contributed by atoms with Crippen LogP contribution in [0.4, 0.5) is 23.0 Å². The van der Waals surface area contributed by atoms with E-state index in [1.165, 1.54) is 0 Å². The molecule has 32 heavy (non-hydrogen) atoms. The smallest absolute Gasteiger partial charge is 0.134 e. The van der Waals surface area contributed by atoms with Gasteiger partial charge >= 0.3 is 0 Å². The second kappa shape index (κ2) is 9.06. The number of aromatic nitrogens is 4. The summed E-state index contributed by atoms with van der Waals surface area (Å²) in [5.74, 6) is 1.48. The van der Waals surface area contributed by atoms with Crippen LogP contribution in [-0.2, 0) is 0 Å². The molecule has 0 aliphatic carbocycles. The standard InChI is InChI=1S/C26H20N6/c1-3-7-19(8-4-1)23-15-25(29-17-27-23)31-21-11-13-22(14-12-21)32-26-16-24(28-18-30-26)20-9-5-2-6-10-20/h1-18H,(H,27,29,31)(H,28,30,32). The molecular formula is C26H20N6. The van der Waals surface area contributed by atoms with E-state index in [-0.39, 0.29) is 0 Å². The van der Waals surface area contributed by atoms with Gasteiger partial charge in [0.15, 0.2) is 0 Å². The fraction of sp³-hybridized carbons (Fsp3) is 0. The monoisotopic (exact) mass is 416 g/mol. The van der Waals surface area contributed by atoms with E-state index in [9.17, 15) is 0 Å². The highest BCUT2D eigenvalue weighted by Crippen LogP contribution is 2.24. The predicted molar refractivity (Wildman–Crippen MR) is 128 cm³/mol. The van der Waals surface area contributed by atoms with Crippen molar-refractivity contribution in [3.63, 3.8) is 0 Å². The van der Waals surface area contributed by atoms with E-state index < -0.39 is 0 Å². The molecule has 0 fully saturated rings. The molecule has 2 N–H and O–H groups in total. The molecule has 6 nitrogen and oxygen atoms in total. The highest BCUT2D eigenvalue weighted by Gasteiger charge is 2.04. The van der Waals surface area contributed by atoms with Gasteiger partial charge in [-0.2, -0.15) is 0 Å². The number of nitrogens with zero attached hydrogens (tertiary/aromatic N) is 4. The summed E-state index contributed by atoms with van der Waals surface area (Å²) in [6.45, 7) is 0. The molecule has 0 unspecified atom stereocenters. The van der Waals surface area contributed by atoms with Crippen LogP contribution in [0.25, 0.3) is 22.5 Å². The molecule has 0 amide bonds. The van der Waals surface area contributed by atoms with Crippen molar-refractivity contribution in [3.8, 4) is 22.5 Å². The highest BCUT2D eigenvalue weighted by atomic mass is 15.0. The molecule has 0 aliphatic rings. The Morgan fingerprint density at radius 3 is 1.25 bits per heavy atom. The molecule has 154 valence electrons. The first-order valence-corrected chi connectivity index (χ1v) is 10.2. The largest absolute Gasteiger partial charge is 0.340 e. The molecule has 0 saturated heterocycles. The molecule has 5 rings (SSSR count). The van der Waals surface area contributed by atoms with Gasteiger partial charge in [-0.25, -0.2) is 19.9 Å². The van der Waals surface area contributed by atoms with Gasteiger partial charge in [0.1, 0.15) is 24.3 Å². The van der Waals surface area contributed by atoms with E-state index >= 15 is 0 Å². The Balaban J connectivity index is 1.28. The molecule has 2 heterocycles. The summed E-state index contributed by atoms with van der Waals surface area (Å²) in [5.41, 5.74) is 5.72. The lowest BCUT2D eigenvalue weighted by Crippen LogP contribution is -1.97. The van der Waals surface area contributed by atoms with Crippen LogP contribution in [0.2, 0.25) is 0 Å². The van der Waals surface area contributed by atoms with Crippen LogP contribution in [-0.4, -0.2) is 19.9 Å². The van der Waals surface area contributed by atoms with E-state index in [1.54, 1.807) is 12.7 Å². The minimum Gasteiger partial charge on any atom is -0.340 e. The van der Waals surface area contributed by atoms with Crippen molar-refractivity contribution in [2.45, 2.75) is 0 Å². The highest BCUT2D eigenvalue weighted by molar-refractivity contribution is 5.68. The molecule has 0 aliphatic heterocycles. The van der Waals surface area contributed by atoms with Gasteiger partial charge in [0, 0.05) is 34.6 Å². The molecule has 5 aromatic rings. The van der Waals surface area contributed by atoms with E-state index in [1.807, 2.05) is 97.1 Å². The fourth-order valence-electron chi connectivity index (χ4n) is 3.32. The van der Waals surface area contributed by atoms with Crippen molar-refractivity contribution < 1.29 is 0 Å². The van der Waals surface area contributed by atoms with Gasteiger partial charge < -0.3 is 10.6 Å². The SMILES string of the molecule is c1ccc(-c2cc(Nc3ccc(Nc4cc(-c5ccccc5)ncn4)cc3)ncn2)cc1. The van der Waals surface area contributed by atoms with Gasteiger partial charge in [-0.15, -0.1) is 0 Å². The Morgan fingerprint density at radius 2 is 0.844 bits per heavy atom. The van der Waals surface area contributed by atoms with Crippen molar-refractivity contribution in [3.05, 3.63) is 110 Å². The summed E-state index contributed by atoms with van der Waals surface area (Å²) in [5, 5.41) is 6.66. The average molecular weight is 416 g/mol. The van der Waals surface area contributed by atoms with Crippen molar-refractivity contribution in [1.82, 2.24) is 19.9 Å². The van der Waals surface area contributed by atoms with E-state index in [4.69, 9.17) is 0 Å². The molecule has 0 spiro atoms. The zero-order chi connectivity index (χ0) is 21.6.